The van der Waals surface area contributed by atoms with E-state index in [1.165, 1.54) is 0 Å². The molecule has 2 heterocycles. The van der Waals surface area contributed by atoms with Gasteiger partial charge in [0.25, 0.3) is 0 Å². The van der Waals surface area contributed by atoms with Crippen LogP contribution in [0.5, 0.6) is 0 Å². The minimum atomic E-state index is 0.158. The van der Waals surface area contributed by atoms with Gasteiger partial charge in [-0.2, -0.15) is 0 Å². The van der Waals surface area contributed by atoms with Gasteiger partial charge in [0.15, 0.2) is 0 Å². The van der Waals surface area contributed by atoms with Crippen LogP contribution < -0.4 is 5.32 Å². The molecule has 0 radical (unpaired) electrons. The van der Waals surface area contributed by atoms with E-state index >= 15 is 0 Å². The van der Waals surface area contributed by atoms with Crippen LogP contribution in [0.2, 0.25) is 0 Å². The summed E-state index contributed by atoms with van der Waals surface area (Å²) >= 11 is 0. The molecule has 1 saturated heterocycles. The Labute approximate surface area is 108 Å². The van der Waals surface area contributed by atoms with Crippen molar-refractivity contribution in [1.29, 1.82) is 0 Å². The minimum absolute atomic E-state index is 0.158. The zero-order valence-corrected chi connectivity index (χ0v) is 11.5. The highest BCUT2D eigenvalue weighted by Crippen LogP contribution is 2.16. The molecule has 1 aromatic rings. The molecule has 1 fully saturated rings. The van der Waals surface area contributed by atoms with E-state index in [0.29, 0.717) is 12.5 Å². The van der Waals surface area contributed by atoms with Crippen molar-refractivity contribution in [3.63, 3.8) is 0 Å². The molecule has 0 spiro atoms. The quantitative estimate of drug-likeness (QED) is 0.853. The normalized spacial score (nSPS) is 24.3. The van der Waals surface area contributed by atoms with Crippen LogP contribution >= 0.6 is 0 Å². The summed E-state index contributed by atoms with van der Waals surface area (Å²) in [5.74, 6) is 0.905. The second-order valence-corrected chi connectivity index (χ2v) is 5.05. The number of hydrogen-bond donors (Lipinski definition) is 1. The molecule has 1 aliphatic heterocycles. The van der Waals surface area contributed by atoms with Gasteiger partial charge < -0.3 is 14.7 Å². The zero-order chi connectivity index (χ0) is 13.3. The summed E-state index contributed by atoms with van der Waals surface area (Å²) in [5.41, 5.74) is 1.75. The molecule has 1 N–H and O–H groups in total. The lowest BCUT2D eigenvalue weighted by Crippen LogP contribution is -2.57. The van der Waals surface area contributed by atoms with Crippen molar-refractivity contribution in [3.05, 3.63) is 17.0 Å². The summed E-state index contributed by atoms with van der Waals surface area (Å²) in [5, 5.41) is 7.26. The fourth-order valence-corrected chi connectivity index (χ4v) is 2.42. The van der Waals surface area contributed by atoms with Crippen molar-refractivity contribution >= 4 is 5.91 Å². The molecular formula is C13H21N3O2. The van der Waals surface area contributed by atoms with Crippen molar-refractivity contribution in [3.8, 4) is 0 Å². The molecular weight excluding hydrogens is 230 g/mol. The highest BCUT2D eigenvalue weighted by molar-refractivity contribution is 5.79. The highest BCUT2D eigenvalue weighted by atomic mass is 16.5. The third kappa shape index (κ3) is 2.41. The summed E-state index contributed by atoms with van der Waals surface area (Å²) in [6.45, 7) is 9.56. The van der Waals surface area contributed by atoms with Crippen molar-refractivity contribution in [2.75, 3.05) is 13.1 Å². The summed E-state index contributed by atoms with van der Waals surface area (Å²) in [6.07, 6.45) is 0.387. The van der Waals surface area contributed by atoms with E-state index in [-0.39, 0.29) is 11.9 Å². The molecule has 1 aromatic heterocycles. The van der Waals surface area contributed by atoms with E-state index in [1.54, 1.807) is 0 Å². The van der Waals surface area contributed by atoms with Crippen LogP contribution in [0.3, 0.4) is 0 Å². The van der Waals surface area contributed by atoms with Crippen molar-refractivity contribution in [2.24, 2.45) is 0 Å². The molecule has 0 aromatic carbocycles. The number of amides is 1. The molecule has 0 bridgehead atoms. The largest absolute Gasteiger partial charge is 0.361 e. The lowest BCUT2D eigenvalue weighted by molar-refractivity contribution is -0.134. The summed E-state index contributed by atoms with van der Waals surface area (Å²) in [7, 11) is 0. The number of carbonyl (C=O) groups excluding carboxylic acids is 1. The molecule has 5 nitrogen and oxygen atoms in total. The Morgan fingerprint density at radius 3 is 2.83 bits per heavy atom. The van der Waals surface area contributed by atoms with Crippen LogP contribution in [-0.4, -0.2) is 41.1 Å². The predicted octanol–water partition coefficient (Wildman–Crippen LogP) is 1.04. The van der Waals surface area contributed by atoms with E-state index < -0.39 is 0 Å². The Morgan fingerprint density at radius 1 is 1.50 bits per heavy atom. The maximum absolute atomic E-state index is 12.4. The van der Waals surface area contributed by atoms with Crippen LogP contribution in [0.1, 0.15) is 30.9 Å². The number of nitrogens with one attached hydrogen (secondary N) is 1. The summed E-state index contributed by atoms with van der Waals surface area (Å²) in [4.78, 5) is 14.3. The molecule has 2 rings (SSSR count). The Morgan fingerprint density at radius 2 is 2.22 bits per heavy atom. The zero-order valence-electron chi connectivity index (χ0n) is 11.5. The fourth-order valence-electron chi connectivity index (χ4n) is 2.42. The highest BCUT2D eigenvalue weighted by Gasteiger charge is 2.28. The monoisotopic (exact) mass is 251 g/mol. The Bertz CT molecular complexity index is 422. The maximum Gasteiger partial charge on any atom is 0.227 e. The van der Waals surface area contributed by atoms with E-state index in [9.17, 15) is 4.79 Å². The van der Waals surface area contributed by atoms with Crippen LogP contribution in [0.25, 0.3) is 0 Å². The predicted molar refractivity (Wildman–Crippen MR) is 68.3 cm³/mol. The first-order valence-corrected chi connectivity index (χ1v) is 6.45. The van der Waals surface area contributed by atoms with Gasteiger partial charge in [-0.25, -0.2) is 0 Å². The van der Waals surface area contributed by atoms with Crippen molar-refractivity contribution in [1.82, 2.24) is 15.4 Å². The third-order valence-electron chi connectivity index (χ3n) is 3.86. The number of aromatic nitrogens is 1. The van der Waals surface area contributed by atoms with Gasteiger partial charge in [0.2, 0.25) is 5.91 Å². The fraction of sp³-hybridized carbons (Fsp3) is 0.692. The van der Waals surface area contributed by atoms with Gasteiger partial charge in [0, 0.05) is 30.7 Å². The number of aryl methyl sites for hydroxylation is 2. The van der Waals surface area contributed by atoms with Gasteiger partial charge in [-0.05, 0) is 27.7 Å². The first-order valence-electron chi connectivity index (χ1n) is 6.45. The van der Waals surface area contributed by atoms with Gasteiger partial charge in [0.05, 0.1) is 12.1 Å². The van der Waals surface area contributed by atoms with E-state index in [1.807, 2.05) is 18.7 Å². The molecule has 100 valence electrons. The molecule has 1 amide bonds. The molecule has 0 aliphatic carbocycles. The maximum atomic E-state index is 12.4. The molecule has 2 unspecified atom stereocenters. The summed E-state index contributed by atoms with van der Waals surface area (Å²) < 4.78 is 5.10. The minimum Gasteiger partial charge on any atom is -0.361 e. The number of nitrogens with zero attached hydrogens (tertiary/aromatic N) is 2. The second kappa shape index (κ2) is 5.10. The average Bonchev–Trinajstić information content (AvgIpc) is 2.64. The van der Waals surface area contributed by atoms with Gasteiger partial charge in [-0.3, -0.25) is 4.79 Å². The number of rotatable bonds is 2. The lowest BCUT2D eigenvalue weighted by Gasteiger charge is -2.38. The van der Waals surface area contributed by atoms with Gasteiger partial charge >= 0.3 is 0 Å². The Kier molecular flexibility index (Phi) is 3.71. The first kappa shape index (κ1) is 13.1. The number of piperazine rings is 1. The summed E-state index contributed by atoms with van der Waals surface area (Å²) in [6, 6.07) is 0.569. The number of hydrogen-bond acceptors (Lipinski definition) is 4. The SMILES string of the molecule is Cc1noc(C)c1CC(=O)N1CCNC(C)C1C. The van der Waals surface area contributed by atoms with E-state index in [2.05, 4.69) is 24.3 Å². The van der Waals surface area contributed by atoms with Crippen LogP contribution in [0, 0.1) is 13.8 Å². The third-order valence-corrected chi connectivity index (χ3v) is 3.86. The standard InChI is InChI=1S/C13H21N3O2/c1-8-10(3)16(6-5-14-8)13(17)7-12-9(2)15-18-11(12)4/h8,10,14H,5-7H2,1-4H3. The molecule has 18 heavy (non-hydrogen) atoms. The van der Waals surface area contributed by atoms with Crippen LogP contribution in [0.4, 0.5) is 0 Å². The van der Waals surface area contributed by atoms with Crippen LogP contribution in [0.15, 0.2) is 4.52 Å². The Balaban J connectivity index is 2.08. The van der Waals surface area contributed by atoms with E-state index in [0.717, 1.165) is 30.1 Å². The lowest BCUT2D eigenvalue weighted by atomic mass is 10.0. The van der Waals surface area contributed by atoms with Gasteiger partial charge in [0.1, 0.15) is 5.76 Å². The van der Waals surface area contributed by atoms with E-state index in [4.69, 9.17) is 4.52 Å². The average molecular weight is 251 g/mol. The molecule has 2 atom stereocenters. The smallest absolute Gasteiger partial charge is 0.227 e. The second-order valence-electron chi connectivity index (χ2n) is 5.05. The van der Waals surface area contributed by atoms with Gasteiger partial charge in [-0.15, -0.1) is 0 Å². The van der Waals surface area contributed by atoms with Gasteiger partial charge in [-0.1, -0.05) is 5.16 Å². The Hall–Kier alpha value is -1.36. The van der Waals surface area contributed by atoms with Crippen molar-refractivity contribution in [2.45, 2.75) is 46.2 Å². The topological polar surface area (TPSA) is 58.4 Å². The molecule has 5 heteroatoms. The van der Waals surface area contributed by atoms with Crippen LogP contribution in [-0.2, 0) is 11.2 Å². The number of carbonyl (C=O) groups is 1. The van der Waals surface area contributed by atoms with Crippen molar-refractivity contribution < 1.29 is 9.32 Å². The molecule has 0 saturated carbocycles. The molecule has 1 aliphatic rings. The first-order chi connectivity index (χ1) is 8.50.